The van der Waals surface area contributed by atoms with Gasteiger partial charge in [0.15, 0.2) is 5.79 Å². The van der Waals surface area contributed by atoms with Crippen LogP contribution in [0.1, 0.15) is 34.1 Å². The van der Waals surface area contributed by atoms with Crippen LogP contribution in [-0.4, -0.2) is 22.8 Å². The number of hydrogen-bond donors (Lipinski definition) is 1. The molecule has 0 saturated carbocycles. The molecule has 1 atom stereocenters. The van der Waals surface area contributed by atoms with E-state index in [1.54, 1.807) is 13.8 Å². The van der Waals surface area contributed by atoms with Gasteiger partial charge in [0.05, 0.1) is 6.61 Å². The molecule has 0 aromatic heterocycles. The van der Waals surface area contributed by atoms with Gasteiger partial charge in [0.25, 0.3) is 0 Å². The molecular weight excluding hydrogens is 220 g/mol. The zero-order valence-corrected chi connectivity index (χ0v) is 9.94. The Bertz CT molecular complexity index is 125. The van der Waals surface area contributed by atoms with Gasteiger partial charge in [-0.15, -0.1) is 0 Å². The average molecular weight is 239 g/mol. The number of hydrogen-bond acceptors (Lipinski definition) is 2. The highest BCUT2D eigenvalue weighted by molar-refractivity contribution is 9.09. The minimum absolute atomic E-state index is 0.125. The zero-order valence-electron chi connectivity index (χ0n) is 8.35. The van der Waals surface area contributed by atoms with E-state index in [1.807, 2.05) is 0 Å². The Morgan fingerprint density at radius 3 is 2.08 bits per heavy atom. The van der Waals surface area contributed by atoms with Gasteiger partial charge in [0.2, 0.25) is 0 Å². The van der Waals surface area contributed by atoms with Crippen molar-refractivity contribution in [3.8, 4) is 0 Å². The lowest BCUT2D eigenvalue weighted by Crippen LogP contribution is -2.32. The van der Waals surface area contributed by atoms with Gasteiger partial charge < -0.3 is 9.84 Å². The van der Waals surface area contributed by atoms with Crippen molar-refractivity contribution >= 4 is 15.9 Å². The quantitative estimate of drug-likeness (QED) is 0.590. The summed E-state index contributed by atoms with van der Waals surface area (Å²) in [5.74, 6) is -1.02. The molecule has 0 aliphatic carbocycles. The second-order valence-electron chi connectivity index (χ2n) is 4.03. The van der Waals surface area contributed by atoms with Crippen LogP contribution in [0.25, 0.3) is 0 Å². The van der Waals surface area contributed by atoms with Crippen molar-refractivity contribution < 1.29 is 9.84 Å². The topological polar surface area (TPSA) is 29.5 Å². The van der Waals surface area contributed by atoms with Crippen LogP contribution in [0.15, 0.2) is 0 Å². The summed E-state index contributed by atoms with van der Waals surface area (Å²) in [4.78, 5) is 0. The molecule has 0 spiro atoms. The van der Waals surface area contributed by atoms with Gasteiger partial charge >= 0.3 is 0 Å². The van der Waals surface area contributed by atoms with Crippen molar-refractivity contribution in [1.29, 1.82) is 0 Å². The van der Waals surface area contributed by atoms with Gasteiger partial charge in [-0.05, 0) is 20.3 Å². The summed E-state index contributed by atoms with van der Waals surface area (Å²) in [6.07, 6.45) is 1.04. The molecule has 3 heteroatoms. The molecule has 1 unspecified atom stereocenters. The molecule has 0 aliphatic rings. The molecule has 74 valence electrons. The molecule has 0 rings (SSSR count). The minimum atomic E-state index is -1.02. The maximum absolute atomic E-state index is 9.33. The first kappa shape index (κ1) is 12.4. The van der Waals surface area contributed by atoms with Gasteiger partial charge in [-0.25, -0.2) is 0 Å². The Labute approximate surface area is 83.4 Å². The van der Waals surface area contributed by atoms with E-state index in [9.17, 15) is 5.11 Å². The molecule has 0 radical (unpaired) electrons. The Morgan fingerprint density at radius 2 is 1.83 bits per heavy atom. The third-order valence-electron chi connectivity index (χ3n) is 1.95. The second kappa shape index (κ2) is 4.58. The van der Waals surface area contributed by atoms with Gasteiger partial charge in [0.1, 0.15) is 0 Å². The van der Waals surface area contributed by atoms with Gasteiger partial charge in [-0.1, -0.05) is 29.8 Å². The van der Waals surface area contributed by atoms with Crippen molar-refractivity contribution in [2.45, 2.75) is 39.9 Å². The van der Waals surface area contributed by atoms with Crippen LogP contribution in [0.5, 0.6) is 0 Å². The number of halogens is 1. The summed E-state index contributed by atoms with van der Waals surface area (Å²) >= 11 is 3.44. The first-order valence-corrected chi connectivity index (χ1v) is 5.37. The Morgan fingerprint density at radius 1 is 1.33 bits per heavy atom. The number of alkyl halides is 1. The molecular formula is C9H19BrO2. The summed E-state index contributed by atoms with van der Waals surface area (Å²) in [5.41, 5.74) is 0.125. The molecule has 0 aromatic rings. The van der Waals surface area contributed by atoms with Crippen molar-refractivity contribution in [2.24, 2.45) is 5.41 Å². The lowest BCUT2D eigenvalue weighted by molar-refractivity contribution is -0.191. The lowest BCUT2D eigenvalue weighted by atomic mass is 9.91. The van der Waals surface area contributed by atoms with Crippen LogP contribution >= 0.6 is 15.9 Å². The van der Waals surface area contributed by atoms with Gasteiger partial charge in [-0.3, -0.25) is 0 Å². The third-order valence-corrected chi connectivity index (χ3v) is 3.30. The van der Waals surface area contributed by atoms with Crippen LogP contribution in [0.2, 0.25) is 0 Å². The second-order valence-corrected chi connectivity index (χ2v) is 4.59. The summed E-state index contributed by atoms with van der Waals surface area (Å²) in [5, 5.41) is 10.2. The molecule has 1 N–H and O–H groups in total. The zero-order chi connectivity index (χ0) is 9.83. The highest BCUT2D eigenvalue weighted by Crippen LogP contribution is 2.25. The van der Waals surface area contributed by atoms with E-state index < -0.39 is 5.79 Å². The molecule has 2 nitrogen and oxygen atoms in total. The standard InChI is InChI=1S/C9H19BrO2/c1-5-9(4,6-10)7-12-8(2,3)11/h11H,5-7H2,1-4H3. The lowest BCUT2D eigenvalue weighted by Gasteiger charge is -2.29. The van der Waals surface area contributed by atoms with E-state index in [0.29, 0.717) is 6.61 Å². The predicted octanol–water partition coefficient (Wildman–Crippen LogP) is 2.54. The molecule has 0 heterocycles. The van der Waals surface area contributed by atoms with Gasteiger partial charge in [0, 0.05) is 10.7 Å². The SMILES string of the molecule is CCC(C)(CBr)COC(C)(C)O. The van der Waals surface area contributed by atoms with Crippen LogP contribution in [0, 0.1) is 5.41 Å². The van der Waals surface area contributed by atoms with Gasteiger partial charge in [-0.2, -0.15) is 0 Å². The van der Waals surface area contributed by atoms with E-state index >= 15 is 0 Å². The Kier molecular flexibility index (Phi) is 4.74. The van der Waals surface area contributed by atoms with Crippen LogP contribution in [-0.2, 0) is 4.74 Å². The highest BCUT2D eigenvalue weighted by Gasteiger charge is 2.24. The molecule has 0 aliphatic heterocycles. The van der Waals surface area contributed by atoms with E-state index in [0.717, 1.165) is 11.8 Å². The number of aliphatic hydroxyl groups is 1. The number of ether oxygens (including phenoxy) is 1. The van der Waals surface area contributed by atoms with Crippen molar-refractivity contribution in [3.05, 3.63) is 0 Å². The van der Waals surface area contributed by atoms with Crippen molar-refractivity contribution in [2.75, 3.05) is 11.9 Å². The third kappa shape index (κ3) is 5.12. The predicted molar refractivity (Wildman–Crippen MR) is 54.4 cm³/mol. The summed E-state index contributed by atoms with van der Waals surface area (Å²) in [6, 6.07) is 0. The van der Waals surface area contributed by atoms with E-state index in [1.165, 1.54) is 0 Å². The van der Waals surface area contributed by atoms with Crippen LogP contribution in [0.3, 0.4) is 0 Å². The maximum Gasteiger partial charge on any atom is 0.159 e. The fourth-order valence-electron chi connectivity index (χ4n) is 0.586. The summed E-state index contributed by atoms with van der Waals surface area (Å²) < 4.78 is 5.30. The first-order valence-electron chi connectivity index (χ1n) is 4.25. The molecule has 0 bridgehead atoms. The minimum Gasteiger partial charge on any atom is -0.366 e. The summed E-state index contributed by atoms with van der Waals surface area (Å²) in [7, 11) is 0. The van der Waals surface area contributed by atoms with Crippen molar-refractivity contribution in [3.63, 3.8) is 0 Å². The largest absolute Gasteiger partial charge is 0.366 e. The normalized spacial score (nSPS) is 17.5. The fraction of sp³-hybridized carbons (Fsp3) is 1.00. The van der Waals surface area contributed by atoms with E-state index in [4.69, 9.17) is 4.74 Å². The molecule has 0 amide bonds. The highest BCUT2D eigenvalue weighted by atomic mass is 79.9. The molecule has 0 aromatic carbocycles. The molecule has 0 fully saturated rings. The van der Waals surface area contributed by atoms with E-state index in [2.05, 4.69) is 29.8 Å². The van der Waals surface area contributed by atoms with Crippen LogP contribution < -0.4 is 0 Å². The smallest absolute Gasteiger partial charge is 0.159 e. The number of rotatable bonds is 5. The monoisotopic (exact) mass is 238 g/mol. The Hall–Kier alpha value is 0.400. The van der Waals surface area contributed by atoms with E-state index in [-0.39, 0.29) is 5.41 Å². The molecule has 12 heavy (non-hydrogen) atoms. The van der Waals surface area contributed by atoms with Crippen LogP contribution in [0.4, 0.5) is 0 Å². The molecule has 0 saturated heterocycles. The summed E-state index contributed by atoms with van der Waals surface area (Å²) in [6.45, 7) is 8.13. The van der Waals surface area contributed by atoms with Crippen molar-refractivity contribution in [1.82, 2.24) is 0 Å². The first-order chi connectivity index (χ1) is 5.33. The maximum atomic E-state index is 9.33. The fourth-order valence-corrected chi connectivity index (χ4v) is 1.14. The average Bonchev–Trinajstić information content (AvgIpc) is 1.99. The Balaban J connectivity index is 3.89.